The van der Waals surface area contributed by atoms with Gasteiger partial charge in [-0.25, -0.2) is 8.42 Å². The third kappa shape index (κ3) is 4.55. The van der Waals surface area contributed by atoms with E-state index in [9.17, 15) is 18.6 Å². The topological polar surface area (TPSA) is 81.1 Å². The number of phenols is 1. The molecule has 7 heteroatoms. The highest BCUT2D eigenvalue weighted by Crippen LogP contribution is 2.22. The van der Waals surface area contributed by atoms with Crippen LogP contribution in [0.2, 0.25) is 0 Å². The van der Waals surface area contributed by atoms with E-state index in [1.807, 2.05) is 12.1 Å². The van der Waals surface area contributed by atoms with Crippen molar-refractivity contribution in [1.29, 1.82) is 0 Å². The zero-order valence-corrected chi connectivity index (χ0v) is 15.6. The second kappa shape index (κ2) is 7.65. The fourth-order valence-electron chi connectivity index (χ4n) is 3.14. The van der Waals surface area contributed by atoms with Crippen molar-refractivity contribution < 1.29 is 18.6 Å². The normalized spacial score (nSPS) is 17.2. The minimum absolute atomic E-state index is 0.260. The predicted molar refractivity (Wildman–Crippen MR) is 101 cm³/mol. The zero-order valence-electron chi connectivity index (χ0n) is 14.7. The third-order valence-electron chi connectivity index (χ3n) is 4.71. The minimum Gasteiger partial charge on any atom is -0.508 e. The summed E-state index contributed by atoms with van der Waals surface area (Å²) in [6.45, 7) is 3.88. The molecule has 0 bridgehead atoms. The van der Waals surface area contributed by atoms with Gasteiger partial charge in [0.05, 0.1) is 11.0 Å². The Morgan fingerprint density at radius 1 is 0.962 bits per heavy atom. The molecule has 2 aromatic rings. The van der Waals surface area contributed by atoms with Crippen LogP contribution in [-0.2, 0) is 9.84 Å². The molecule has 0 aliphatic carbocycles. The first-order valence-corrected chi connectivity index (χ1v) is 10.5. The number of hydrogen-bond donors (Lipinski definition) is 2. The highest BCUT2D eigenvalue weighted by Gasteiger charge is 2.20. The van der Waals surface area contributed by atoms with Crippen molar-refractivity contribution in [3.8, 4) is 5.75 Å². The van der Waals surface area contributed by atoms with Crippen LogP contribution in [0, 0.1) is 0 Å². The summed E-state index contributed by atoms with van der Waals surface area (Å²) < 4.78 is 23.0. The molecule has 0 amide bonds. The number of hydrogen-bond acceptors (Lipinski definition) is 6. The lowest BCUT2D eigenvalue weighted by Gasteiger charge is -2.37. The Bertz CT molecular complexity index is 827. The summed E-state index contributed by atoms with van der Waals surface area (Å²) in [6.07, 6.45) is 0.523. The number of sulfone groups is 1. The van der Waals surface area contributed by atoms with Crippen molar-refractivity contribution in [3.05, 3.63) is 54.1 Å². The van der Waals surface area contributed by atoms with E-state index >= 15 is 0 Å². The van der Waals surface area contributed by atoms with Gasteiger partial charge in [0.2, 0.25) is 0 Å². The van der Waals surface area contributed by atoms with Crippen LogP contribution in [0.5, 0.6) is 5.75 Å². The summed E-state index contributed by atoms with van der Waals surface area (Å²) in [5, 5.41) is 19.8. The van der Waals surface area contributed by atoms with Gasteiger partial charge in [-0.3, -0.25) is 4.90 Å². The molecule has 2 N–H and O–H groups in total. The molecule has 1 aliphatic heterocycles. The first kappa shape index (κ1) is 18.7. The average molecular weight is 376 g/mol. The Morgan fingerprint density at radius 2 is 1.54 bits per heavy atom. The Balaban J connectivity index is 1.54. The molecule has 26 heavy (non-hydrogen) atoms. The van der Waals surface area contributed by atoms with Crippen LogP contribution in [0.4, 0.5) is 5.69 Å². The highest BCUT2D eigenvalue weighted by atomic mass is 32.2. The number of aliphatic hydroxyl groups excluding tert-OH is 1. The Hall–Kier alpha value is -2.09. The van der Waals surface area contributed by atoms with E-state index in [1.54, 1.807) is 24.3 Å². The fraction of sp³-hybridized carbons (Fsp3) is 0.368. The average Bonchev–Trinajstić information content (AvgIpc) is 2.62. The molecule has 3 rings (SSSR count). The van der Waals surface area contributed by atoms with Crippen LogP contribution < -0.4 is 4.90 Å². The summed E-state index contributed by atoms with van der Waals surface area (Å²) in [5.74, 6) is 0.261. The molecule has 6 nitrogen and oxygen atoms in total. The highest BCUT2D eigenvalue weighted by molar-refractivity contribution is 7.90. The quantitative estimate of drug-likeness (QED) is 0.826. The summed E-state index contributed by atoms with van der Waals surface area (Å²) in [4.78, 5) is 4.71. The van der Waals surface area contributed by atoms with Crippen molar-refractivity contribution >= 4 is 15.5 Å². The number of phenolic OH excluding ortho intramolecular Hbond substituents is 1. The molecular formula is C19H24N2O4S. The van der Waals surface area contributed by atoms with Crippen molar-refractivity contribution in [2.45, 2.75) is 11.0 Å². The summed E-state index contributed by atoms with van der Waals surface area (Å²) in [6, 6.07) is 13.6. The largest absolute Gasteiger partial charge is 0.508 e. The lowest BCUT2D eigenvalue weighted by Crippen LogP contribution is -2.47. The van der Waals surface area contributed by atoms with Gasteiger partial charge < -0.3 is 15.1 Å². The van der Waals surface area contributed by atoms with Crippen LogP contribution in [-0.4, -0.2) is 62.5 Å². The Labute approximate surface area is 154 Å². The third-order valence-corrected chi connectivity index (χ3v) is 5.84. The van der Waals surface area contributed by atoms with Gasteiger partial charge in [-0.15, -0.1) is 0 Å². The molecule has 0 spiro atoms. The van der Waals surface area contributed by atoms with Gasteiger partial charge >= 0.3 is 0 Å². The monoisotopic (exact) mass is 376 g/mol. The molecule has 1 aliphatic rings. The van der Waals surface area contributed by atoms with Crippen LogP contribution in [0.1, 0.15) is 11.7 Å². The van der Waals surface area contributed by atoms with Gasteiger partial charge in [-0.1, -0.05) is 12.1 Å². The standard InChI is InChI=1S/C19H24N2O4S/c1-26(24,25)18-8-2-15(3-9-18)19(23)14-20-10-12-21(13-11-20)16-4-6-17(22)7-5-16/h2-9,19,22-23H,10-14H2,1H3. The van der Waals surface area contributed by atoms with E-state index in [4.69, 9.17) is 0 Å². The number of aliphatic hydroxyl groups is 1. The molecule has 2 aromatic carbocycles. The van der Waals surface area contributed by atoms with Gasteiger partial charge in [-0.05, 0) is 42.0 Å². The summed E-state index contributed by atoms with van der Waals surface area (Å²) >= 11 is 0. The molecule has 1 unspecified atom stereocenters. The molecule has 0 aromatic heterocycles. The summed E-state index contributed by atoms with van der Waals surface area (Å²) in [5.41, 5.74) is 1.80. The second-order valence-corrected chi connectivity index (χ2v) is 8.68. The van der Waals surface area contributed by atoms with Crippen molar-refractivity contribution in [1.82, 2.24) is 4.90 Å². The molecular weight excluding hydrogens is 352 g/mol. The van der Waals surface area contributed by atoms with E-state index in [0.29, 0.717) is 6.54 Å². The number of piperazine rings is 1. The van der Waals surface area contributed by atoms with Gasteiger partial charge in [-0.2, -0.15) is 0 Å². The summed E-state index contributed by atoms with van der Waals surface area (Å²) in [7, 11) is -3.22. The Kier molecular flexibility index (Phi) is 5.50. The number of nitrogens with zero attached hydrogens (tertiary/aromatic N) is 2. The first-order valence-electron chi connectivity index (χ1n) is 8.57. The van der Waals surface area contributed by atoms with Crippen molar-refractivity contribution in [3.63, 3.8) is 0 Å². The van der Waals surface area contributed by atoms with Crippen LogP contribution in [0.25, 0.3) is 0 Å². The molecule has 0 radical (unpaired) electrons. The van der Waals surface area contributed by atoms with Gasteiger partial charge in [0, 0.05) is 44.7 Å². The second-order valence-electron chi connectivity index (χ2n) is 6.66. The van der Waals surface area contributed by atoms with Crippen LogP contribution >= 0.6 is 0 Å². The van der Waals surface area contributed by atoms with Crippen molar-refractivity contribution in [2.24, 2.45) is 0 Å². The van der Waals surface area contributed by atoms with Crippen LogP contribution in [0.3, 0.4) is 0 Å². The predicted octanol–water partition coefficient (Wildman–Crippen LogP) is 1.65. The van der Waals surface area contributed by atoms with E-state index in [2.05, 4.69) is 9.80 Å². The number of aromatic hydroxyl groups is 1. The van der Waals surface area contributed by atoms with Crippen LogP contribution in [0.15, 0.2) is 53.4 Å². The molecule has 1 fully saturated rings. The van der Waals surface area contributed by atoms with Gasteiger partial charge in [0.25, 0.3) is 0 Å². The van der Waals surface area contributed by atoms with E-state index in [1.165, 1.54) is 18.4 Å². The first-order chi connectivity index (χ1) is 12.3. The molecule has 1 saturated heterocycles. The Morgan fingerprint density at radius 3 is 2.08 bits per heavy atom. The maximum atomic E-state index is 11.5. The molecule has 0 saturated carbocycles. The maximum Gasteiger partial charge on any atom is 0.175 e. The number of anilines is 1. The van der Waals surface area contributed by atoms with E-state index < -0.39 is 15.9 Å². The number of benzene rings is 2. The minimum atomic E-state index is -3.22. The molecule has 1 atom stereocenters. The van der Waals surface area contributed by atoms with Gasteiger partial charge in [0.1, 0.15) is 5.75 Å². The SMILES string of the molecule is CS(=O)(=O)c1ccc(C(O)CN2CCN(c3ccc(O)cc3)CC2)cc1. The number of β-amino-alcohol motifs (C(OH)–C–C–N with tert-alkyl or cyclic N) is 1. The fourth-order valence-corrected chi connectivity index (χ4v) is 3.77. The maximum absolute atomic E-state index is 11.5. The lowest BCUT2D eigenvalue weighted by atomic mass is 10.1. The van der Waals surface area contributed by atoms with Gasteiger partial charge in [0.15, 0.2) is 9.84 Å². The molecule has 1 heterocycles. The number of rotatable bonds is 5. The van der Waals surface area contributed by atoms with E-state index in [0.717, 1.165) is 37.4 Å². The molecule has 140 valence electrons. The zero-order chi connectivity index (χ0) is 18.7. The van der Waals surface area contributed by atoms with Crippen molar-refractivity contribution in [2.75, 3.05) is 43.9 Å². The lowest BCUT2D eigenvalue weighted by molar-refractivity contribution is 0.109. The van der Waals surface area contributed by atoms with E-state index in [-0.39, 0.29) is 10.6 Å². The smallest absolute Gasteiger partial charge is 0.175 e.